The van der Waals surface area contributed by atoms with E-state index in [-0.39, 0.29) is 22.9 Å². The van der Waals surface area contributed by atoms with Gasteiger partial charge in [-0.25, -0.2) is 0 Å². The Kier molecular flexibility index (Phi) is 4.22. The van der Waals surface area contributed by atoms with Crippen LogP contribution in [0.25, 0.3) is 11.0 Å². The third-order valence-electron chi connectivity index (χ3n) is 5.30. The van der Waals surface area contributed by atoms with Crippen LogP contribution in [-0.4, -0.2) is 46.2 Å². The zero-order valence-electron chi connectivity index (χ0n) is 15.8. The molecule has 1 atom stereocenters. The van der Waals surface area contributed by atoms with E-state index in [1.807, 2.05) is 36.0 Å². The van der Waals surface area contributed by atoms with E-state index >= 15 is 0 Å². The van der Waals surface area contributed by atoms with Crippen molar-refractivity contribution in [1.82, 2.24) is 19.7 Å². The minimum Gasteiger partial charge on any atom is -0.378 e. The summed E-state index contributed by atoms with van der Waals surface area (Å²) in [5, 5.41) is 4.54. The lowest BCUT2D eigenvalue weighted by molar-refractivity contribution is 0.0734. The number of hydrogen-bond donors (Lipinski definition) is 1. The summed E-state index contributed by atoms with van der Waals surface area (Å²) >= 11 is 0. The molecule has 0 saturated carbocycles. The number of likely N-dealkylation sites (tertiary alicyclic amines) is 1. The number of nitrogens with zero attached hydrogens (tertiary/aromatic N) is 4. The number of anilines is 1. The molecular weight excluding hydrogens is 342 g/mol. The highest BCUT2D eigenvalue weighted by atomic mass is 16.2. The topological polar surface area (TPSA) is 74.2 Å². The van der Waals surface area contributed by atoms with Crippen LogP contribution >= 0.6 is 0 Å². The van der Waals surface area contributed by atoms with Crippen LogP contribution in [0.1, 0.15) is 34.8 Å². The number of pyridine rings is 1. The SMILES string of the molecule is CN(C)c1cccc(C2CCCN2C(=O)c2c[nH]c3c(cnn3C)c2=O)c1. The predicted octanol–water partition coefficient (Wildman–Crippen LogP) is 2.30. The first kappa shape index (κ1) is 17.3. The third-order valence-corrected chi connectivity index (χ3v) is 5.30. The van der Waals surface area contributed by atoms with E-state index < -0.39 is 0 Å². The molecule has 0 spiro atoms. The van der Waals surface area contributed by atoms with Gasteiger partial charge in [0.05, 0.1) is 17.6 Å². The van der Waals surface area contributed by atoms with Gasteiger partial charge < -0.3 is 14.8 Å². The lowest BCUT2D eigenvalue weighted by Gasteiger charge is -2.26. The Morgan fingerprint density at radius 1 is 1.33 bits per heavy atom. The molecular formula is C20H23N5O2. The number of fused-ring (bicyclic) bond motifs is 1. The summed E-state index contributed by atoms with van der Waals surface area (Å²) in [6.45, 7) is 0.653. The Balaban J connectivity index is 1.70. The van der Waals surface area contributed by atoms with Crippen LogP contribution in [0.5, 0.6) is 0 Å². The highest BCUT2D eigenvalue weighted by Gasteiger charge is 2.32. The van der Waals surface area contributed by atoms with E-state index in [0.717, 1.165) is 24.1 Å². The summed E-state index contributed by atoms with van der Waals surface area (Å²) in [6.07, 6.45) is 4.85. The molecule has 3 heterocycles. The summed E-state index contributed by atoms with van der Waals surface area (Å²) in [5.74, 6) is -0.222. The maximum atomic E-state index is 13.2. The highest BCUT2D eigenvalue weighted by molar-refractivity contribution is 5.97. The van der Waals surface area contributed by atoms with Crippen LogP contribution in [0.2, 0.25) is 0 Å². The molecule has 7 nitrogen and oxygen atoms in total. The van der Waals surface area contributed by atoms with E-state index in [4.69, 9.17) is 0 Å². The van der Waals surface area contributed by atoms with E-state index in [1.165, 1.54) is 12.4 Å². The molecule has 0 bridgehead atoms. The van der Waals surface area contributed by atoms with E-state index in [2.05, 4.69) is 22.2 Å². The van der Waals surface area contributed by atoms with Gasteiger partial charge in [-0.15, -0.1) is 0 Å². The number of hydrogen-bond acceptors (Lipinski definition) is 4. The maximum Gasteiger partial charge on any atom is 0.259 e. The fourth-order valence-electron chi connectivity index (χ4n) is 3.81. The Labute approximate surface area is 157 Å². The average Bonchev–Trinajstić information content (AvgIpc) is 3.29. The minimum atomic E-state index is -0.269. The van der Waals surface area contributed by atoms with Crippen molar-refractivity contribution in [2.24, 2.45) is 7.05 Å². The van der Waals surface area contributed by atoms with Crippen molar-refractivity contribution in [3.05, 3.63) is 58.0 Å². The number of H-pyrrole nitrogens is 1. The van der Waals surface area contributed by atoms with Crippen molar-refractivity contribution in [2.75, 3.05) is 25.5 Å². The van der Waals surface area contributed by atoms with Gasteiger partial charge in [0.1, 0.15) is 11.2 Å². The van der Waals surface area contributed by atoms with Crippen molar-refractivity contribution in [2.45, 2.75) is 18.9 Å². The van der Waals surface area contributed by atoms with Gasteiger partial charge in [0.2, 0.25) is 5.43 Å². The van der Waals surface area contributed by atoms with Crippen LogP contribution in [0.15, 0.2) is 41.5 Å². The number of carbonyl (C=O) groups excluding carboxylic acids is 1. The van der Waals surface area contributed by atoms with Crippen LogP contribution in [0.4, 0.5) is 5.69 Å². The second-order valence-corrected chi connectivity index (χ2v) is 7.21. The maximum absolute atomic E-state index is 13.2. The van der Waals surface area contributed by atoms with Gasteiger partial charge in [-0.3, -0.25) is 14.3 Å². The average molecular weight is 365 g/mol. The number of amides is 1. The normalized spacial score (nSPS) is 16.9. The molecule has 3 aromatic rings. The molecule has 1 aliphatic rings. The molecule has 1 aliphatic heterocycles. The molecule has 27 heavy (non-hydrogen) atoms. The summed E-state index contributed by atoms with van der Waals surface area (Å²) in [5.41, 5.74) is 2.72. The van der Waals surface area contributed by atoms with Gasteiger partial charge in [0.15, 0.2) is 0 Å². The number of nitrogens with one attached hydrogen (secondary N) is 1. The first-order valence-electron chi connectivity index (χ1n) is 9.09. The van der Waals surface area contributed by atoms with Crippen LogP contribution in [-0.2, 0) is 7.05 Å². The van der Waals surface area contributed by atoms with Crippen LogP contribution in [0, 0.1) is 0 Å². The molecule has 0 aliphatic carbocycles. The highest BCUT2D eigenvalue weighted by Crippen LogP contribution is 2.34. The van der Waals surface area contributed by atoms with E-state index in [0.29, 0.717) is 17.6 Å². The Morgan fingerprint density at radius 3 is 2.93 bits per heavy atom. The first-order valence-corrected chi connectivity index (χ1v) is 9.09. The fourth-order valence-corrected chi connectivity index (χ4v) is 3.81. The summed E-state index contributed by atoms with van der Waals surface area (Å²) in [7, 11) is 5.76. The Bertz CT molecular complexity index is 1070. The van der Waals surface area contributed by atoms with E-state index in [9.17, 15) is 9.59 Å². The predicted molar refractivity (Wildman–Crippen MR) is 105 cm³/mol. The second kappa shape index (κ2) is 6.57. The monoisotopic (exact) mass is 365 g/mol. The Morgan fingerprint density at radius 2 is 2.15 bits per heavy atom. The number of benzene rings is 1. The van der Waals surface area contributed by atoms with Gasteiger partial charge in [0.25, 0.3) is 5.91 Å². The molecule has 2 aromatic heterocycles. The lowest BCUT2D eigenvalue weighted by Crippen LogP contribution is -2.34. The largest absolute Gasteiger partial charge is 0.378 e. The van der Waals surface area contributed by atoms with Gasteiger partial charge in [-0.2, -0.15) is 5.10 Å². The molecule has 0 radical (unpaired) electrons. The first-order chi connectivity index (χ1) is 13.0. The van der Waals surface area contributed by atoms with Gasteiger partial charge in [-0.05, 0) is 30.5 Å². The van der Waals surface area contributed by atoms with Crippen molar-refractivity contribution in [1.29, 1.82) is 0 Å². The quantitative estimate of drug-likeness (QED) is 0.773. The molecule has 1 saturated heterocycles. The number of carbonyl (C=O) groups is 1. The minimum absolute atomic E-state index is 0.0126. The summed E-state index contributed by atoms with van der Waals surface area (Å²) < 4.78 is 1.59. The van der Waals surface area contributed by atoms with Gasteiger partial charge in [0, 0.05) is 39.6 Å². The Hall–Kier alpha value is -3.09. The number of rotatable bonds is 3. The number of aromatic nitrogens is 3. The smallest absolute Gasteiger partial charge is 0.259 e. The summed E-state index contributed by atoms with van der Waals surface area (Å²) in [4.78, 5) is 32.9. The second-order valence-electron chi connectivity index (χ2n) is 7.21. The molecule has 4 rings (SSSR count). The molecule has 1 amide bonds. The van der Waals surface area contributed by atoms with Crippen molar-refractivity contribution < 1.29 is 4.79 Å². The molecule has 1 fully saturated rings. The number of aromatic amines is 1. The van der Waals surface area contributed by atoms with Gasteiger partial charge in [-0.1, -0.05) is 12.1 Å². The zero-order chi connectivity index (χ0) is 19.1. The van der Waals surface area contributed by atoms with Gasteiger partial charge >= 0.3 is 0 Å². The van der Waals surface area contributed by atoms with Crippen molar-refractivity contribution >= 4 is 22.6 Å². The molecule has 140 valence electrons. The molecule has 1 aromatic carbocycles. The molecule has 7 heteroatoms. The fraction of sp³-hybridized carbons (Fsp3) is 0.350. The lowest BCUT2D eigenvalue weighted by atomic mass is 10.0. The van der Waals surface area contributed by atoms with Crippen LogP contribution < -0.4 is 10.3 Å². The van der Waals surface area contributed by atoms with Crippen LogP contribution in [0.3, 0.4) is 0 Å². The van der Waals surface area contributed by atoms with E-state index in [1.54, 1.807) is 11.7 Å². The number of aryl methyl sites for hydroxylation is 1. The standard InChI is InChI=1S/C20H23N5O2/c1-23(2)14-7-4-6-13(10-14)17-8-5-9-25(17)20(27)16-11-21-19-15(18(16)26)12-22-24(19)3/h4,6-7,10-12,17H,5,8-9H2,1-3H3,(H,21,26). The van der Waals surface area contributed by atoms with Crippen molar-refractivity contribution in [3.8, 4) is 0 Å². The third kappa shape index (κ3) is 2.89. The zero-order valence-corrected chi connectivity index (χ0v) is 15.8. The summed E-state index contributed by atoms with van der Waals surface area (Å²) in [6, 6.07) is 8.22. The molecule has 1 N–H and O–H groups in total. The molecule has 1 unspecified atom stereocenters. The van der Waals surface area contributed by atoms with Crippen molar-refractivity contribution in [3.63, 3.8) is 0 Å².